The van der Waals surface area contributed by atoms with Crippen LogP contribution in [-0.4, -0.2) is 41.2 Å². The van der Waals surface area contributed by atoms with Gasteiger partial charge < -0.3 is 15.3 Å². The summed E-state index contributed by atoms with van der Waals surface area (Å²) in [5, 5.41) is 13.2. The second kappa shape index (κ2) is 6.37. The highest BCUT2D eigenvalue weighted by Crippen LogP contribution is 2.32. The lowest BCUT2D eigenvalue weighted by atomic mass is 9.82. The van der Waals surface area contributed by atoms with Crippen LogP contribution in [0.5, 0.6) is 5.75 Å². The molecule has 2 N–H and O–H groups in total. The number of nitrogens with zero attached hydrogens (tertiary/aromatic N) is 1. The van der Waals surface area contributed by atoms with Crippen LogP contribution < -0.4 is 5.32 Å². The molecule has 3 unspecified atom stereocenters. The maximum atomic E-state index is 9.35. The summed E-state index contributed by atoms with van der Waals surface area (Å²) in [7, 11) is 2.31. The molecule has 2 aliphatic rings. The van der Waals surface area contributed by atoms with E-state index in [0.717, 1.165) is 18.5 Å². The second-order valence-corrected chi connectivity index (χ2v) is 7.01. The SMILES string of the molecule is CC(Cc1ccc(O)cc1)NC1CC2CCCC(C1)N2C. The predicted octanol–water partition coefficient (Wildman–Crippen LogP) is 2.93. The van der Waals surface area contributed by atoms with Crippen LogP contribution in [0.1, 0.15) is 44.6 Å². The molecule has 0 radical (unpaired) electrons. The summed E-state index contributed by atoms with van der Waals surface area (Å²) in [4.78, 5) is 2.62. The molecule has 3 atom stereocenters. The van der Waals surface area contributed by atoms with Crippen LogP contribution in [0.4, 0.5) is 0 Å². The Kier molecular flexibility index (Phi) is 4.51. The highest BCUT2D eigenvalue weighted by atomic mass is 16.3. The summed E-state index contributed by atoms with van der Waals surface area (Å²) in [6.07, 6.45) is 7.78. The molecule has 2 aliphatic heterocycles. The highest BCUT2D eigenvalue weighted by Gasteiger charge is 2.36. The molecular weight excluding hydrogens is 260 g/mol. The molecule has 3 rings (SSSR count). The van der Waals surface area contributed by atoms with Crippen molar-refractivity contribution >= 4 is 0 Å². The first-order chi connectivity index (χ1) is 10.1. The summed E-state index contributed by atoms with van der Waals surface area (Å²) >= 11 is 0. The van der Waals surface area contributed by atoms with Crippen molar-refractivity contribution in [2.45, 2.75) is 69.6 Å². The van der Waals surface area contributed by atoms with E-state index in [0.29, 0.717) is 17.8 Å². The summed E-state index contributed by atoms with van der Waals surface area (Å²) in [5.41, 5.74) is 1.29. The molecule has 0 amide bonds. The van der Waals surface area contributed by atoms with Gasteiger partial charge >= 0.3 is 0 Å². The topological polar surface area (TPSA) is 35.5 Å². The number of hydrogen-bond donors (Lipinski definition) is 2. The highest BCUT2D eigenvalue weighted by molar-refractivity contribution is 5.26. The maximum absolute atomic E-state index is 9.35. The van der Waals surface area contributed by atoms with Gasteiger partial charge in [0, 0.05) is 24.2 Å². The Bertz CT molecular complexity index is 445. The van der Waals surface area contributed by atoms with Crippen molar-refractivity contribution in [1.82, 2.24) is 10.2 Å². The van der Waals surface area contributed by atoms with Gasteiger partial charge in [-0.25, -0.2) is 0 Å². The third kappa shape index (κ3) is 3.58. The Balaban J connectivity index is 1.53. The molecule has 116 valence electrons. The van der Waals surface area contributed by atoms with Gasteiger partial charge in [-0.1, -0.05) is 18.6 Å². The summed E-state index contributed by atoms with van der Waals surface area (Å²) < 4.78 is 0. The molecule has 0 aromatic heterocycles. The van der Waals surface area contributed by atoms with Crippen molar-refractivity contribution in [3.05, 3.63) is 29.8 Å². The number of fused-ring (bicyclic) bond motifs is 2. The van der Waals surface area contributed by atoms with Crippen molar-refractivity contribution in [2.24, 2.45) is 0 Å². The lowest BCUT2D eigenvalue weighted by molar-refractivity contribution is 0.0463. The third-order valence-electron chi connectivity index (χ3n) is 5.34. The molecule has 1 aromatic carbocycles. The third-order valence-corrected chi connectivity index (χ3v) is 5.34. The molecule has 21 heavy (non-hydrogen) atoms. The van der Waals surface area contributed by atoms with Gasteiger partial charge in [-0.15, -0.1) is 0 Å². The molecule has 0 aliphatic carbocycles. The fourth-order valence-corrected chi connectivity index (χ4v) is 4.20. The molecule has 2 bridgehead atoms. The van der Waals surface area contributed by atoms with E-state index in [9.17, 15) is 5.11 Å². The second-order valence-electron chi connectivity index (χ2n) is 7.01. The first-order valence-electron chi connectivity index (χ1n) is 8.37. The zero-order chi connectivity index (χ0) is 14.8. The zero-order valence-corrected chi connectivity index (χ0v) is 13.3. The van der Waals surface area contributed by atoms with Gasteiger partial charge in [0.25, 0.3) is 0 Å². The van der Waals surface area contributed by atoms with Gasteiger partial charge in [0.05, 0.1) is 0 Å². The number of phenols is 1. The van der Waals surface area contributed by atoms with Gasteiger partial charge in [-0.2, -0.15) is 0 Å². The van der Waals surface area contributed by atoms with Crippen molar-refractivity contribution in [3.63, 3.8) is 0 Å². The molecule has 2 fully saturated rings. The van der Waals surface area contributed by atoms with Gasteiger partial charge in [0.15, 0.2) is 0 Å². The van der Waals surface area contributed by atoms with E-state index in [4.69, 9.17) is 0 Å². The largest absolute Gasteiger partial charge is 0.508 e. The predicted molar refractivity (Wildman–Crippen MR) is 86.6 cm³/mol. The van der Waals surface area contributed by atoms with E-state index in [1.165, 1.54) is 37.7 Å². The van der Waals surface area contributed by atoms with E-state index in [2.05, 4.69) is 24.2 Å². The van der Waals surface area contributed by atoms with Crippen LogP contribution in [0, 0.1) is 0 Å². The molecule has 2 saturated heterocycles. The molecule has 0 spiro atoms. The van der Waals surface area contributed by atoms with Gasteiger partial charge in [0.1, 0.15) is 5.75 Å². The Morgan fingerprint density at radius 1 is 1.19 bits per heavy atom. The van der Waals surface area contributed by atoms with E-state index >= 15 is 0 Å². The number of aromatic hydroxyl groups is 1. The van der Waals surface area contributed by atoms with E-state index in [1.54, 1.807) is 12.1 Å². The van der Waals surface area contributed by atoms with Gasteiger partial charge in [0.2, 0.25) is 0 Å². The lowest BCUT2D eigenvalue weighted by Crippen LogP contribution is -2.55. The number of piperidine rings is 2. The zero-order valence-electron chi connectivity index (χ0n) is 13.3. The average molecular weight is 288 g/mol. The summed E-state index contributed by atoms with van der Waals surface area (Å²) in [6.45, 7) is 2.28. The fourth-order valence-electron chi connectivity index (χ4n) is 4.20. The number of phenolic OH excluding ortho intramolecular Hbond substituents is 1. The molecule has 3 heteroatoms. The summed E-state index contributed by atoms with van der Waals surface area (Å²) in [6, 6.07) is 10.3. The first-order valence-corrected chi connectivity index (χ1v) is 8.37. The number of nitrogens with one attached hydrogen (secondary N) is 1. The average Bonchev–Trinajstić information content (AvgIpc) is 2.42. The van der Waals surface area contributed by atoms with Crippen molar-refractivity contribution in [2.75, 3.05) is 7.05 Å². The monoisotopic (exact) mass is 288 g/mol. The van der Waals surface area contributed by atoms with E-state index in [-0.39, 0.29) is 0 Å². The number of hydrogen-bond acceptors (Lipinski definition) is 3. The van der Waals surface area contributed by atoms with E-state index < -0.39 is 0 Å². The smallest absolute Gasteiger partial charge is 0.115 e. The standard InChI is InChI=1S/C18H28N2O/c1-13(10-14-6-8-18(21)9-7-14)19-15-11-16-4-3-5-17(12-15)20(16)2/h6-9,13,15-17,19,21H,3-5,10-12H2,1-2H3. The van der Waals surface area contributed by atoms with Crippen molar-refractivity contribution in [1.29, 1.82) is 0 Å². The van der Waals surface area contributed by atoms with Crippen molar-refractivity contribution in [3.8, 4) is 5.75 Å². The molecule has 1 aromatic rings. The van der Waals surface area contributed by atoms with Crippen LogP contribution in [-0.2, 0) is 6.42 Å². The fraction of sp³-hybridized carbons (Fsp3) is 0.667. The Hall–Kier alpha value is -1.06. The Morgan fingerprint density at radius 2 is 1.81 bits per heavy atom. The van der Waals surface area contributed by atoms with Crippen LogP contribution in [0.2, 0.25) is 0 Å². The molecule has 2 heterocycles. The Morgan fingerprint density at radius 3 is 2.43 bits per heavy atom. The van der Waals surface area contributed by atoms with Crippen molar-refractivity contribution < 1.29 is 5.11 Å². The minimum atomic E-state index is 0.350. The molecular formula is C18H28N2O. The van der Waals surface area contributed by atoms with Gasteiger partial charge in [-0.05, 0) is 63.8 Å². The number of rotatable bonds is 4. The molecule has 3 nitrogen and oxygen atoms in total. The minimum Gasteiger partial charge on any atom is -0.508 e. The first kappa shape index (κ1) is 14.9. The summed E-state index contributed by atoms with van der Waals surface area (Å²) in [5.74, 6) is 0.350. The lowest BCUT2D eigenvalue weighted by Gasteiger charge is -2.47. The van der Waals surface area contributed by atoms with Crippen LogP contribution in [0.25, 0.3) is 0 Å². The van der Waals surface area contributed by atoms with Crippen LogP contribution in [0.15, 0.2) is 24.3 Å². The van der Waals surface area contributed by atoms with Crippen LogP contribution >= 0.6 is 0 Å². The van der Waals surface area contributed by atoms with Crippen LogP contribution in [0.3, 0.4) is 0 Å². The van der Waals surface area contributed by atoms with E-state index in [1.807, 2.05) is 12.1 Å². The van der Waals surface area contributed by atoms with Gasteiger partial charge in [-0.3, -0.25) is 0 Å². The normalized spacial score (nSPS) is 31.0. The quantitative estimate of drug-likeness (QED) is 0.894. The molecule has 0 saturated carbocycles. The maximum Gasteiger partial charge on any atom is 0.115 e. The Labute approximate surface area is 128 Å². The minimum absolute atomic E-state index is 0.350. The number of benzene rings is 1.